The summed E-state index contributed by atoms with van der Waals surface area (Å²) < 4.78 is 1.91. The van der Waals surface area contributed by atoms with Gasteiger partial charge in [-0.05, 0) is 36.1 Å². The molecule has 1 fully saturated rings. The van der Waals surface area contributed by atoms with Gasteiger partial charge in [0.1, 0.15) is 5.84 Å². The van der Waals surface area contributed by atoms with Gasteiger partial charge in [-0.3, -0.25) is 0 Å². The molecule has 3 N–H and O–H groups in total. The first-order valence-electron chi connectivity index (χ1n) is 5.68. The number of unbranched alkanes of at least 4 members (excludes halogenated alkanes) is 1. The Kier molecular flexibility index (Phi) is 4.18. The molecule has 0 radical (unpaired) electrons. The minimum atomic E-state index is 0.290. The lowest BCUT2D eigenvalue weighted by atomic mass is 10.2. The van der Waals surface area contributed by atoms with Gasteiger partial charge in [-0.2, -0.15) is 0 Å². The van der Waals surface area contributed by atoms with E-state index in [1.165, 1.54) is 12.8 Å². The average molecular weight is 256 g/mol. The molecule has 1 heterocycles. The van der Waals surface area contributed by atoms with Gasteiger partial charge in [0.25, 0.3) is 0 Å². The fourth-order valence-corrected chi connectivity index (χ4v) is 2.39. The quantitative estimate of drug-likeness (QED) is 0.188. The van der Waals surface area contributed by atoms with Crippen LogP contribution in [0, 0.1) is 0 Å². The molecule has 8 heteroatoms. The van der Waals surface area contributed by atoms with Crippen molar-refractivity contribution in [2.75, 3.05) is 5.75 Å². The molecule has 17 heavy (non-hydrogen) atoms. The Bertz CT molecular complexity index is 389. The summed E-state index contributed by atoms with van der Waals surface area (Å²) in [4.78, 5) is 0. The van der Waals surface area contributed by atoms with Crippen LogP contribution in [0.5, 0.6) is 0 Å². The number of tetrazole rings is 1. The van der Waals surface area contributed by atoms with Crippen LogP contribution in [0.2, 0.25) is 0 Å². The SMILES string of the molecule is N/C(CCCCSc1nnnn1C1CC1)=N/O. The van der Waals surface area contributed by atoms with Crippen molar-refractivity contribution in [3.05, 3.63) is 0 Å². The molecular formula is C9H16N6OS. The summed E-state index contributed by atoms with van der Waals surface area (Å²) in [5.74, 6) is 1.24. The van der Waals surface area contributed by atoms with E-state index < -0.39 is 0 Å². The number of nitrogens with two attached hydrogens (primary N) is 1. The lowest BCUT2D eigenvalue weighted by Crippen LogP contribution is -2.10. The van der Waals surface area contributed by atoms with Crippen molar-refractivity contribution in [2.45, 2.75) is 43.3 Å². The maximum Gasteiger partial charge on any atom is 0.209 e. The molecule has 0 atom stereocenters. The van der Waals surface area contributed by atoms with Crippen LogP contribution in [-0.4, -0.2) is 37.0 Å². The second kappa shape index (κ2) is 5.85. The van der Waals surface area contributed by atoms with E-state index in [2.05, 4.69) is 20.7 Å². The Labute approximate surface area is 103 Å². The number of hydrogen-bond donors (Lipinski definition) is 2. The van der Waals surface area contributed by atoms with E-state index in [0.29, 0.717) is 12.5 Å². The van der Waals surface area contributed by atoms with Crippen LogP contribution < -0.4 is 5.73 Å². The monoisotopic (exact) mass is 256 g/mol. The van der Waals surface area contributed by atoms with Crippen LogP contribution in [0.1, 0.15) is 38.1 Å². The van der Waals surface area contributed by atoms with Crippen molar-refractivity contribution in [2.24, 2.45) is 10.9 Å². The zero-order valence-corrected chi connectivity index (χ0v) is 10.3. The van der Waals surface area contributed by atoms with Gasteiger partial charge < -0.3 is 10.9 Å². The minimum Gasteiger partial charge on any atom is -0.409 e. The molecule has 0 aliphatic heterocycles. The van der Waals surface area contributed by atoms with E-state index in [4.69, 9.17) is 10.9 Å². The molecule has 0 unspecified atom stereocenters. The van der Waals surface area contributed by atoms with Crippen molar-refractivity contribution < 1.29 is 5.21 Å². The predicted molar refractivity (Wildman–Crippen MR) is 64.1 cm³/mol. The van der Waals surface area contributed by atoms with Gasteiger partial charge >= 0.3 is 0 Å². The highest BCUT2D eigenvalue weighted by Crippen LogP contribution is 2.36. The van der Waals surface area contributed by atoms with E-state index in [1.54, 1.807) is 11.8 Å². The van der Waals surface area contributed by atoms with E-state index in [-0.39, 0.29) is 5.84 Å². The number of thioether (sulfide) groups is 1. The lowest BCUT2D eigenvalue weighted by molar-refractivity contribution is 0.316. The molecule has 1 saturated carbocycles. The van der Waals surface area contributed by atoms with Gasteiger partial charge in [0, 0.05) is 12.2 Å². The normalized spacial score (nSPS) is 16.4. The smallest absolute Gasteiger partial charge is 0.209 e. The third kappa shape index (κ3) is 3.58. The topological polar surface area (TPSA) is 102 Å². The largest absolute Gasteiger partial charge is 0.409 e. The van der Waals surface area contributed by atoms with Gasteiger partial charge in [-0.15, -0.1) is 5.10 Å². The van der Waals surface area contributed by atoms with Crippen molar-refractivity contribution in [3.8, 4) is 0 Å². The van der Waals surface area contributed by atoms with Crippen LogP contribution in [0.15, 0.2) is 10.3 Å². The summed E-state index contributed by atoms with van der Waals surface area (Å²) >= 11 is 1.66. The zero-order valence-electron chi connectivity index (χ0n) is 9.49. The Morgan fingerprint density at radius 3 is 3.06 bits per heavy atom. The number of amidine groups is 1. The predicted octanol–water partition coefficient (Wildman–Crippen LogP) is 1.02. The molecule has 94 valence electrons. The summed E-state index contributed by atoms with van der Waals surface area (Å²) in [5, 5.41) is 23.9. The lowest BCUT2D eigenvalue weighted by Gasteiger charge is -2.02. The fourth-order valence-electron chi connectivity index (χ4n) is 1.45. The van der Waals surface area contributed by atoms with Gasteiger partial charge in [-0.1, -0.05) is 16.9 Å². The van der Waals surface area contributed by atoms with E-state index in [1.807, 2.05) is 4.68 Å². The second-order valence-corrected chi connectivity index (χ2v) is 5.10. The highest BCUT2D eigenvalue weighted by molar-refractivity contribution is 7.99. The van der Waals surface area contributed by atoms with Crippen LogP contribution in [-0.2, 0) is 0 Å². The summed E-state index contributed by atoms with van der Waals surface area (Å²) in [5.41, 5.74) is 5.38. The molecule has 2 rings (SSSR count). The molecule has 1 aliphatic rings. The summed E-state index contributed by atoms with van der Waals surface area (Å²) in [6, 6.07) is 0.518. The van der Waals surface area contributed by atoms with Crippen molar-refractivity contribution in [1.82, 2.24) is 20.2 Å². The third-order valence-corrected chi connectivity index (χ3v) is 3.56. The molecule has 0 spiro atoms. The Balaban J connectivity index is 1.66. The van der Waals surface area contributed by atoms with Gasteiger partial charge in [-0.25, -0.2) is 4.68 Å². The number of rotatable bonds is 7. The maximum atomic E-state index is 8.37. The standard InChI is InChI=1S/C9H16N6OS/c10-8(12-16)3-1-2-6-17-9-11-13-14-15(9)7-4-5-7/h7,16H,1-6H2,(H2,10,12). The zero-order chi connectivity index (χ0) is 12.1. The van der Waals surface area contributed by atoms with Crippen molar-refractivity contribution >= 4 is 17.6 Å². The molecule has 1 aromatic rings. The molecular weight excluding hydrogens is 240 g/mol. The fraction of sp³-hybridized carbons (Fsp3) is 0.778. The molecule has 0 aromatic carbocycles. The Hall–Kier alpha value is -1.31. The number of hydrogen-bond acceptors (Lipinski definition) is 6. The van der Waals surface area contributed by atoms with Gasteiger partial charge in [0.2, 0.25) is 5.16 Å². The summed E-state index contributed by atoms with van der Waals surface area (Å²) in [6.07, 6.45) is 4.90. The van der Waals surface area contributed by atoms with E-state index in [0.717, 1.165) is 23.8 Å². The third-order valence-electron chi connectivity index (χ3n) is 2.54. The first-order chi connectivity index (χ1) is 8.31. The molecule has 0 bridgehead atoms. The van der Waals surface area contributed by atoms with Crippen molar-refractivity contribution in [3.63, 3.8) is 0 Å². The first kappa shape index (κ1) is 12.2. The first-order valence-corrected chi connectivity index (χ1v) is 6.67. The Morgan fingerprint density at radius 2 is 2.35 bits per heavy atom. The van der Waals surface area contributed by atoms with Gasteiger partial charge in [0.15, 0.2) is 0 Å². The van der Waals surface area contributed by atoms with Gasteiger partial charge in [0.05, 0.1) is 6.04 Å². The summed E-state index contributed by atoms with van der Waals surface area (Å²) in [7, 11) is 0. The Morgan fingerprint density at radius 1 is 1.53 bits per heavy atom. The number of oxime groups is 1. The average Bonchev–Trinajstić information content (AvgIpc) is 3.08. The van der Waals surface area contributed by atoms with Crippen LogP contribution >= 0.6 is 11.8 Å². The second-order valence-electron chi connectivity index (χ2n) is 4.03. The highest BCUT2D eigenvalue weighted by atomic mass is 32.2. The summed E-state index contributed by atoms with van der Waals surface area (Å²) in [6.45, 7) is 0. The van der Waals surface area contributed by atoms with Crippen LogP contribution in [0.3, 0.4) is 0 Å². The molecule has 1 aromatic heterocycles. The van der Waals surface area contributed by atoms with Crippen LogP contribution in [0.25, 0.3) is 0 Å². The molecule has 0 amide bonds. The maximum absolute atomic E-state index is 8.37. The highest BCUT2D eigenvalue weighted by Gasteiger charge is 2.27. The van der Waals surface area contributed by atoms with Crippen LogP contribution in [0.4, 0.5) is 0 Å². The minimum absolute atomic E-state index is 0.290. The number of aromatic nitrogens is 4. The molecule has 1 aliphatic carbocycles. The molecule has 7 nitrogen and oxygen atoms in total. The van der Waals surface area contributed by atoms with Crippen molar-refractivity contribution in [1.29, 1.82) is 0 Å². The van der Waals surface area contributed by atoms with E-state index >= 15 is 0 Å². The molecule has 0 saturated heterocycles. The number of nitrogens with zero attached hydrogens (tertiary/aromatic N) is 5. The van der Waals surface area contributed by atoms with E-state index in [9.17, 15) is 0 Å².